The summed E-state index contributed by atoms with van der Waals surface area (Å²) in [6.45, 7) is 8.75. The van der Waals surface area contributed by atoms with Crippen molar-refractivity contribution in [1.82, 2.24) is 15.5 Å². The van der Waals surface area contributed by atoms with Crippen LogP contribution in [0.15, 0.2) is 0 Å². The molecule has 6 unspecified atom stereocenters. The Hall–Kier alpha value is -1.10. The molecule has 0 spiro atoms. The van der Waals surface area contributed by atoms with Gasteiger partial charge in [-0.3, -0.25) is 15.0 Å². The normalized spacial score (nSPS) is 37.2. The number of rotatable bonds is 4. The van der Waals surface area contributed by atoms with Crippen LogP contribution in [0.4, 0.5) is 4.79 Å². The van der Waals surface area contributed by atoms with E-state index in [1.54, 1.807) is 0 Å². The van der Waals surface area contributed by atoms with Gasteiger partial charge in [0.1, 0.15) is 0 Å². The molecule has 2 aliphatic carbocycles. The minimum absolute atomic E-state index is 0.156. The maximum atomic E-state index is 12.2. The molecule has 1 saturated heterocycles. The monoisotopic (exact) mass is 335 g/mol. The van der Waals surface area contributed by atoms with Crippen molar-refractivity contribution in [3.8, 4) is 0 Å². The predicted octanol–water partition coefficient (Wildman–Crippen LogP) is 2.61. The van der Waals surface area contributed by atoms with Crippen LogP contribution >= 0.6 is 0 Å². The Morgan fingerprint density at radius 1 is 1.08 bits per heavy atom. The lowest BCUT2D eigenvalue weighted by atomic mass is 9.84. The molecule has 0 radical (unpaired) electrons. The fraction of sp³-hybridized carbons (Fsp3) is 0.895. The van der Waals surface area contributed by atoms with Crippen molar-refractivity contribution in [2.75, 3.05) is 19.6 Å². The highest BCUT2D eigenvalue weighted by Crippen LogP contribution is 2.49. The van der Waals surface area contributed by atoms with Gasteiger partial charge >= 0.3 is 6.03 Å². The first-order valence-corrected chi connectivity index (χ1v) is 9.73. The third kappa shape index (κ3) is 4.29. The molecular formula is C19H33N3O2. The number of hydrogen-bond donors (Lipinski definition) is 2. The van der Waals surface area contributed by atoms with Gasteiger partial charge in [-0.15, -0.1) is 0 Å². The molecule has 0 aromatic heterocycles. The molecule has 3 amide bonds. The van der Waals surface area contributed by atoms with Crippen molar-refractivity contribution in [2.24, 2.45) is 29.6 Å². The molecule has 5 heteroatoms. The van der Waals surface area contributed by atoms with E-state index < -0.39 is 0 Å². The van der Waals surface area contributed by atoms with Crippen LogP contribution in [0.25, 0.3) is 0 Å². The Labute approximate surface area is 145 Å². The molecule has 0 aromatic carbocycles. The van der Waals surface area contributed by atoms with Crippen LogP contribution in [-0.4, -0.2) is 42.5 Å². The summed E-state index contributed by atoms with van der Waals surface area (Å²) < 4.78 is 0. The summed E-state index contributed by atoms with van der Waals surface area (Å²) in [5.41, 5.74) is 0. The molecule has 24 heavy (non-hydrogen) atoms. The molecule has 0 aromatic rings. The van der Waals surface area contributed by atoms with Crippen LogP contribution in [0.3, 0.4) is 0 Å². The van der Waals surface area contributed by atoms with Gasteiger partial charge < -0.3 is 5.32 Å². The van der Waals surface area contributed by atoms with Crippen molar-refractivity contribution in [3.05, 3.63) is 0 Å². The number of hydrogen-bond acceptors (Lipinski definition) is 3. The van der Waals surface area contributed by atoms with Gasteiger partial charge in [0, 0.05) is 19.1 Å². The lowest BCUT2D eigenvalue weighted by Crippen LogP contribution is -2.50. The lowest BCUT2D eigenvalue weighted by molar-refractivity contribution is -0.121. The van der Waals surface area contributed by atoms with Crippen molar-refractivity contribution in [3.63, 3.8) is 0 Å². The zero-order valence-electron chi connectivity index (χ0n) is 15.4. The number of carbonyl (C=O) groups excluding carboxylic acids is 2. The highest BCUT2D eigenvalue weighted by Gasteiger charge is 2.42. The number of likely N-dealkylation sites (tertiary alicyclic amines) is 1. The second-order valence-corrected chi connectivity index (χ2v) is 8.79. The van der Waals surface area contributed by atoms with E-state index in [0.29, 0.717) is 24.3 Å². The SMILES string of the molecule is CC1CC(C)CN(CC(=O)NC(=O)NC(C)C2CC3CCC2C3)C1. The highest BCUT2D eigenvalue weighted by atomic mass is 16.2. The first-order chi connectivity index (χ1) is 11.4. The average molecular weight is 335 g/mol. The first-order valence-electron chi connectivity index (χ1n) is 9.73. The first kappa shape index (κ1) is 17.7. The van der Waals surface area contributed by atoms with E-state index in [1.807, 2.05) is 0 Å². The number of imide groups is 1. The van der Waals surface area contributed by atoms with Gasteiger partial charge in [-0.1, -0.05) is 20.3 Å². The van der Waals surface area contributed by atoms with Crippen molar-refractivity contribution >= 4 is 11.9 Å². The number of urea groups is 1. The van der Waals surface area contributed by atoms with Crippen molar-refractivity contribution in [1.29, 1.82) is 0 Å². The maximum Gasteiger partial charge on any atom is 0.321 e. The molecule has 6 atom stereocenters. The molecule has 2 saturated carbocycles. The van der Waals surface area contributed by atoms with Gasteiger partial charge in [0.2, 0.25) is 5.91 Å². The zero-order chi connectivity index (χ0) is 17.3. The van der Waals surface area contributed by atoms with E-state index in [1.165, 1.54) is 32.1 Å². The van der Waals surface area contributed by atoms with Crippen LogP contribution in [0.2, 0.25) is 0 Å². The van der Waals surface area contributed by atoms with Gasteiger partial charge in [0.25, 0.3) is 0 Å². The largest absolute Gasteiger partial charge is 0.335 e. The number of amides is 3. The Kier molecular flexibility index (Phi) is 5.48. The molecule has 1 aliphatic heterocycles. The Balaban J connectivity index is 1.40. The number of fused-ring (bicyclic) bond motifs is 2. The summed E-state index contributed by atoms with van der Waals surface area (Å²) in [6.07, 6.45) is 6.48. The van der Waals surface area contributed by atoms with Crippen LogP contribution in [-0.2, 0) is 4.79 Å². The molecule has 136 valence electrons. The van der Waals surface area contributed by atoms with E-state index >= 15 is 0 Å². The van der Waals surface area contributed by atoms with E-state index in [0.717, 1.165) is 24.9 Å². The van der Waals surface area contributed by atoms with E-state index in [2.05, 4.69) is 36.3 Å². The standard InChI is InChI=1S/C19H33N3O2/c1-12-6-13(2)10-22(9-12)11-18(23)21-19(24)20-14(3)17-8-15-4-5-16(17)7-15/h12-17H,4-11H2,1-3H3,(H2,20,21,23,24). The second-order valence-electron chi connectivity index (χ2n) is 8.79. The molecule has 2 bridgehead atoms. The van der Waals surface area contributed by atoms with E-state index in [4.69, 9.17) is 0 Å². The summed E-state index contributed by atoms with van der Waals surface area (Å²) in [5.74, 6) is 3.29. The number of nitrogens with zero attached hydrogens (tertiary/aromatic N) is 1. The summed E-state index contributed by atoms with van der Waals surface area (Å²) >= 11 is 0. The third-order valence-corrected chi connectivity index (χ3v) is 6.36. The number of piperidine rings is 1. The molecule has 5 nitrogen and oxygen atoms in total. The van der Waals surface area contributed by atoms with Crippen LogP contribution in [0.5, 0.6) is 0 Å². The third-order valence-electron chi connectivity index (χ3n) is 6.36. The van der Waals surface area contributed by atoms with Crippen LogP contribution < -0.4 is 10.6 Å². The summed E-state index contributed by atoms with van der Waals surface area (Å²) in [7, 11) is 0. The minimum Gasteiger partial charge on any atom is -0.335 e. The highest BCUT2D eigenvalue weighted by molar-refractivity contribution is 5.95. The second kappa shape index (κ2) is 7.42. The smallest absolute Gasteiger partial charge is 0.321 e. The summed E-state index contributed by atoms with van der Waals surface area (Å²) in [5, 5.41) is 5.53. The van der Waals surface area contributed by atoms with E-state index in [9.17, 15) is 9.59 Å². The maximum absolute atomic E-state index is 12.2. The number of carbonyl (C=O) groups is 2. The van der Waals surface area contributed by atoms with Gasteiger partial charge in [-0.25, -0.2) is 4.79 Å². The summed E-state index contributed by atoms with van der Waals surface area (Å²) in [6, 6.07) is -0.170. The Bertz CT molecular complexity index is 471. The molecule has 1 heterocycles. The fourth-order valence-corrected chi connectivity index (χ4v) is 5.55. The Morgan fingerprint density at radius 3 is 2.38 bits per heavy atom. The van der Waals surface area contributed by atoms with E-state index in [-0.39, 0.29) is 18.0 Å². The Morgan fingerprint density at radius 2 is 1.79 bits per heavy atom. The van der Waals surface area contributed by atoms with Crippen LogP contribution in [0.1, 0.15) is 52.9 Å². The molecule has 3 aliphatic rings. The molecule has 2 N–H and O–H groups in total. The quantitative estimate of drug-likeness (QED) is 0.830. The van der Waals surface area contributed by atoms with Gasteiger partial charge in [-0.2, -0.15) is 0 Å². The van der Waals surface area contributed by atoms with Gasteiger partial charge in [-0.05, 0) is 62.2 Å². The zero-order valence-corrected chi connectivity index (χ0v) is 15.4. The fourth-order valence-electron chi connectivity index (χ4n) is 5.55. The molecule has 3 rings (SSSR count). The van der Waals surface area contributed by atoms with Gasteiger partial charge in [0.15, 0.2) is 0 Å². The topological polar surface area (TPSA) is 61.4 Å². The van der Waals surface area contributed by atoms with Gasteiger partial charge in [0.05, 0.1) is 6.54 Å². The number of nitrogens with one attached hydrogen (secondary N) is 2. The predicted molar refractivity (Wildman–Crippen MR) is 94.5 cm³/mol. The molecule has 3 fully saturated rings. The molecular weight excluding hydrogens is 302 g/mol. The van der Waals surface area contributed by atoms with Crippen molar-refractivity contribution in [2.45, 2.75) is 58.9 Å². The lowest BCUT2D eigenvalue weighted by Gasteiger charge is -2.34. The minimum atomic E-state index is -0.326. The average Bonchev–Trinajstić information content (AvgIpc) is 3.08. The van der Waals surface area contributed by atoms with Crippen molar-refractivity contribution < 1.29 is 9.59 Å². The summed E-state index contributed by atoms with van der Waals surface area (Å²) in [4.78, 5) is 26.5. The van der Waals surface area contributed by atoms with Crippen LogP contribution in [0, 0.1) is 29.6 Å².